The SMILES string of the molecule is Cc1cc(F)c(NCc2cccc3ccccc23)cc1F. The summed E-state index contributed by atoms with van der Waals surface area (Å²) in [4.78, 5) is 0. The molecular formula is C18H15F2N. The van der Waals surface area contributed by atoms with E-state index in [0.29, 0.717) is 12.1 Å². The van der Waals surface area contributed by atoms with Crippen LogP contribution in [0.3, 0.4) is 0 Å². The third-order valence-corrected chi connectivity index (χ3v) is 3.60. The minimum atomic E-state index is -0.436. The number of nitrogens with one attached hydrogen (secondary N) is 1. The summed E-state index contributed by atoms with van der Waals surface area (Å²) in [6.45, 7) is 1.99. The van der Waals surface area contributed by atoms with Crippen molar-refractivity contribution in [2.24, 2.45) is 0 Å². The minimum absolute atomic E-state index is 0.186. The molecule has 0 amide bonds. The number of hydrogen-bond acceptors (Lipinski definition) is 1. The van der Waals surface area contributed by atoms with E-state index in [9.17, 15) is 8.78 Å². The van der Waals surface area contributed by atoms with Crippen molar-refractivity contribution in [3.05, 3.63) is 77.4 Å². The van der Waals surface area contributed by atoms with Gasteiger partial charge in [0.05, 0.1) is 5.69 Å². The largest absolute Gasteiger partial charge is 0.378 e. The maximum absolute atomic E-state index is 13.8. The van der Waals surface area contributed by atoms with Crippen molar-refractivity contribution in [3.63, 3.8) is 0 Å². The lowest BCUT2D eigenvalue weighted by atomic mass is 10.0. The van der Waals surface area contributed by atoms with E-state index in [1.54, 1.807) is 6.92 Å². The van der Waals surface area contributed by atoms with Gasteiger partial charge in [0.15, 0.2) is 0 Å². The number of aryl methyl sites for hydroxylation is 1. The molecule has 0 aromatic heterocycles. The summed E-state index contributed by atoms with van der Waals surface area (Å²) in [5.41, 5.74) is 1.54. The minimum Gasteiger partial charge on any atom is -0.378 e. The first-order valence-electron chi connectivity index (χ1n) is 6.81. The van der Waals surface area contributed by atoms with Crippen molar-refractivity contribution in [1.29, 1.82) is 0 Å². The predicted octanol–water partition coefficient (Wildman–Crippen LogP) is 5.04. The number of halogens is 2. The molecule has 0 fully saturated rings. The van der Waals surface area contributed by atoms with E-state index in [1.807, 2.05) is 42.5 Å². The van der Waals surface area contributed by atoms with Gasteiger partial charge in [-0.3, -0.25) is 0 Å². The van der Waals surface area contributed by atoms with Crippen LogP contribution in [0.15, 0.2) is 54.6 Å². The number of hydrogen-bond donors (Lipinski definition) is 1. The van der Waals surface area contributed by atoms with Gasteiger partial charge in [-0.1, -0.05) is 42.5 Å². The van der Waals surface area contributed by atoms with Gasteiger partial charge in [-0.2, -0.15) is 0 Å². The molecule has 0 spiro atoms. The molecular weight excluding hydrogens is 268 g/mol. The number of rotatable bonds is 3. The second kappa shape index (κ2) is 5.52. The van der Waals surface area contributed by atoms with Crippen molar-refractivity contribution in [2.45, 2.75) is 13.5 Å². The molecule has 0 aliphatic carbocycles. The zero-order valence-electron chi connectivity index (χ0n) is 11.7. The fourth-order valence-corrected chi connectivity index (χ4v) is 2.42. The highest BCUT2D eigenvalue weighted by molar-refractivity contribution is 5.85. The third-order valence-electron chi connectivity index (χ3n) is 3.60. The first-order valence-corrected chi connectivity index (χ1v) is 6.81. The summed E-state index contributed by atoms with van der Waals surface area (Å²) in [6, 6.07) is 16.4. The van der Waals surface area contributed by atoms with Crippen LogP contribution in [0.4, 0.5) is 14.5 Å². The van der Waals surface area contributed by atoms with Crippen LogP contribution in [-0.2, 0) is 6.54 Å². The Bertz CT molecular complexity index is 791. The molecule has 0 atom stereocenters. The van der Waals surface area contributed by atoms with Crippen LogP contribution in [-0.4, -0.2) is 0 Å². The standard InChI is InChI=1S/C18H15F2N/c1-12-9-17(20)18(10-16(12)19)21-11-14-7-4-6-13-5-2-3-8-15(13)14/h2-10,21H,11H2,1H3. The predicted molar refractivity (Wildman–Crippen MR) is 82.4 cm³/mol. The molecule has 0 saturated carbocycles. The molecule has 3 aromatic carbocycles. The van der Waals surface area contributed by atoms with Crippen molar-refractivity contribution < 1.29 is 8.78 Å². The molecule has 0 saturated heterocycles. The monoisotopic (exact) mass is 283 g/mol. The molecule has 3 heteroatoms. The zero-order valence-corrected chi connectivity index (χ0v) is 11.7. The molecule has 0 aliphatic rings. The molecule has 0 heterocycles. The molecule has 1 N–H and O–H groups in total. The molecule has 106 valence electrons. The van der Waals surface area contributed by atoms with E-state index in [2.05, 4.69) is 5.32 Å². The maximum Gasteiger partial charge on any atom is 0.146 e. The molecule has 3 rings (SSSR count). The van der Waals surface area contributed by atoms with Crippen LogP contribution in [0.25, 0.3) is 10.8 Å². The summed E-state index contributed by atoms with van der Waals surface area (Å²) >= 11 is 0. The van der Waals surface area contributed by atoms with E-state index >= 15 is 0 Å². The third kappa shape index (κ3) is 2.72. The summed E-state index contributed by atoms with van der Waals surface area (Å²) in [5, 5.41) is 5.22. The lowest BCUT2D eigenvalue weighted by Gasteiger charge is -2.11. The van der Waals surface area contributed by atoms with Crippen LogP contribution in [0.1, 0.15) is 11.1 Å². The number of fused-ring (bicyclic) bond motifs is 1. The van der Waals surface area contributed by atoms with Crippen LogP contribution < -0.4 is 5.32 Å². The fraction of sp³-hybridized carbons (Fsp3) is 0.111. The van der Waals surface area contributed by atoms with Crippen molar-refractivity contribution in [3.8, 4) is 0 Å². The van der Waals surface area contributed by atoms with Gasteiger partial charge in [0.25, 0.3) is 0 Å². The van der Waals surface area contributed by atoms with E-state index < -0.39 is 11.6 Å². The summed E-state index contributed by atoms with van der Waals surface area (Å²) in [7, 11) is 0. The van der Waals surface area contributed by atoms with Gasteiger partial charge in [-0.25, -0.2) is 8.78 Å². The molecule has 0 bridgehead atoms. The first kappa shape index (κ1) is 13.6. The quantitative estimate of drug-likeness (QED) is 0.710. The lowest BCUT2D eigenvalue weighted by molar-refractivity contribution is 0.594. The first-order chi connectivity index (χ1) is 10.1. The van der Waals surface area contributed by atoms with E-state index in [1.165, 1.54) is 12.1 Å². The zero-order chi connectivity index (χ0) is 14.8. The Kier molecular flexibility index (Phi) is 3.57. The number of anilines is 1. The van der Waals surface area contributed by atoms with E-state index in [4.69, 9.17) is 0 Å². The highest BCUT2D eigenvalue weighted by atomic mass is 19.1. The van der Waals surface area contributed by atoms with Gasteiger partial charge in [0.2, 0.25) is 0 Å². The highest BCUT2D eigenvalue weighted by Gasteiger charge is 2.07. The summed E-state index contributed by atoms with van der Waals surface area (Å²) in [5.74, 6) is -0.842. The van der Waals surface area contributed by atoms with Gasteiger partial charge >= 0.3 is 0 Å². The van der Waals surface area contributed by atoms with Gasteiger partial charge in [-0.05, 0) is 34.9 Å². The smallest absolute Gasteiger partial charge is 0.146 e. The van der Waals surface area contributed by atoms with Crippen LogP contribution in [0.5, 0.6) is 0 Å². The molecule has 0 aliphatic heterocycles. The lowest BCUT2D eigenvalue weighted by Crippen LogP contribution is -2.03. The summed E-state index contributed by atoms with van der Waals surface area (Å²) < 4.78 is 27.3. The van der Waals surface area contributed by atoms with Crippen molar-refractivity contribution in [1.82, 2.24) is 0 Å². The second-order valence-corrected chi connectivity index (χ2v) is 5.07. The molecule has 0 unspecified atom stereocenters. The molecule has 0 radical (unpaired) electrons. The van der Waals surface area contributed by atoms with Crippen LogP contribution >= 0.6 is 0 Å². The second-order valence-electron chi connectivity index (χ2n) is 5.07. The van der Waals surface area contributed by atoms with Gasteiger partial charge in [0, 0.05) is 12.6 Å². The van der Waals surface area contributed by atoms with E-state index in [0.717, 1.165) is 16.3 Å². The normalized spacial score (nSPS) is 10.8. The Morgan fingerprint density at radius 3 is 2.52 bits per heavy atom. The number of benzene rings is 3. The Morgan fingerprint density at radius 2 is 1.67 bits per heavy atom. The Morgan fingerprint density at radius 1 is 0.905 bits per heavy atom. The van der Waals surface area contributed by atoms with Crippen LogP contribution in [0, 0.1) is 18.6 Å². The molecule has 1 nitrogen and oxygen atoms in total. The topological polar surface area (TPSA) is 12.0 Å². The summed E-state index contributed by atoms with van der Waals surface area (Å²) in [6.07, 6.45) is 0. The van der Waals surface area contributed by atoms with E-state index in [-0.39, 0.29) is 5.69 Å². The highest BCUT2D eigenvalue weighted by Crippen LogP contribution is 2.22. The average Bonchev–Trinajstić information content (AvgIpc) is 2.49. The Balaban J connectivity index is 1.89. The van der Waals surface area contributed by atoms with Crippen molar-refractivity contribution >= 4 is 16.5 Å². The van der Waals surface area contributed by atoms with Gasteiger partial charge < -0.3 is 5.32 Å². The van der Waals surface area contributed by atoms with Crippen molar-refractivity contribution in [2.75, 3.05) is 5.32 Å². The Labute approximate surface area is 122 Å². The average molecular weight is 283 g/mol. The fourth-order valence-electron chi connectivity index (χ4n) is 2.42. The maximum atomic E-state index is 13.8. The van der Waals surface area contributed by atoms with Crippen LogP contribution in [0.2, 0.25) is 0 Å². The molecule has 3 aromatic rings. The molecule has 21 heavy (non-hydrogen) atoms. The van der Waals surface area contributed by atoms with Gasteiger partial charge in [-0.15, -0.1) is 0 Å². The van der Waals surface area contributed by atoms with Gasteiger partial charge in [0.1, 0.15) is 11.6 Å². The Hall–Kier alpha value is -2.42.